The summed E-state index contributed by atoms with van der Waals surface area (Å²) in [5, 5.41) is 3.23. The molecule has 0 aliphatic carbocycles. The quantitative estimate of drug-likeness (QED) is 0.793. The molecule has 5 heteroatoms. The van der Waals surface area contributed by atoms with Crippen LogP contribution in [0.15, 0.2) is 29.2 Å². The molecule has 0 aromatic heterocycles. The van der Waals surface area contributed by atoms with Crippen LogP contribution in [-0.2, 0) is 9.84 Å². The van der Waals surface area contributed by atoms with Gasteiger partial charge in [0.1, 0.15) is 0 Å². The molecule has 1 atom stereocenters. The Morgan fingerprint density at radius 2 is 1.89 bits per heavy atom. The molecule has 3 N–H and O–H groups in total. The van der Waals surface area contributed by atoms with Crippen molar-refractivity contribution in [1.29, 1.82) is 0 Å². The third-order valence-electron chi connectivity index (χ3n) is 2.74. The van der Waals surface area contributed by atoms with Crippen molar-refractivity contribution in [1.82, 2.24) is 0 Å². The summed E-state index contributed by atoms with van der Waals surface area (Å²) in [4.78, 5) is 0.391. The van der Waals surface area contributed by atoms with Crippen molar-refractivity contribution in [3.8, 4) is 0 Å². The van der Waals surface area contributed by atoms with Gasteiger partial charge in [0.2, 0.25) is 0 Å². The second kappa shape index (κ2) is 6.75. The number of nitrogens with one attached hydrogen (secondary N) is 1. The van der Waals surface area contributed by atoms with E-state index in [1.165, 1.54) is 0 Å². The largest absolute Gasteiger partial charge is 0.385 e. The minimum absolute atomic E-state index is 0.198. The Balaban J connectivity index is 2.68. The molecule has 0 saturated carbocycles. The highest BCUT2D eigenvalue weighted by Crippen LogP contribution is 2.16. The van der Waals surface area contributed by atoms with Gasteiger partial charge in [-0.2, -0.15) is 0 Å². The number of sulfone groups is 1. The van der Waals surface area contributed by atoms with Gasteiger partial charge in [0.15, 0.2) is 9.84 Å². The van der Waals surface area contributed by atoms with Gasteiger partial charge in [-0.05, 0) is 43.1 Å². The van der Waals surface area contributed by atoms with Gasteiger partial charge in [0, 0.05) is 12.2 Å². The van der Waals surface area contributed by atoms with Crippen LogP contribution in [0.2, 0.25) is 0 Å². The number of benzene rings is 1. The van der Waals surface area contributed by atoms with Crippen LogP contribution < -0.4 is 11.1 Å². The summed E-state index contributed by atoms with van der Waals surface area (Å²) < 4.78 is 23.6. The lowest BCUT2D eigenvalue weighted by atomic mass is 10.2. The maximum Gasteiger partial charge on any atom is 0.178 e. The van der Waals surface area contributed by atoms with Crippen LogP contribution in [0.25, 0.3) is 0 Å². The Kier molecular flexibility index (Phi) is 5.62. The SMILES string of the molecule is CCCS(=O)(=O)c1ccc(NCC(C)CN)cc1. The lowest BCUT2D eigenvalue weighted by Crippen LogP contribution is -2.19. The van der Waals surface area contributed by atoms with Gasteiger partial charge in [-0.15, -0.1) is 0 Å². The molecule has 0 fully saturated rings. The van der Waals surface area contributed by atoms with Crippen molar-refractivity contribution < 1.29 is 8.42 Å². The predicted octanol–water partition coefficient (Wildman–Crippen LogP) is 1.88. The highest BCUT2D eigenvalue weighted by molar-refractivity contribution is 7.91. The molecule has 1 unspecified atom stereocenters. The van der Waals surface area contributed by atoms with Gasteiger partial charge < -0.3 is 11.1 Å². The van der Waals surface area contributed by atoms with Crippen molar-refractivity contribution in [3.05, 3.63) is 24.3 Å². The third-order valence-corrected chi connectivity index (χ3v) is 4.68. The smallest absolute Gasteiger partial charge is 0.178 e. The van der Waals surface area contributed by atoms with Gasteiger partial charge in [0.05, 0.1) is 10.6 Å². The summed E-state index contributed by atoms with van der Waals surface area (Å²) in [5.41, 5.74) is 6.45. The van der Waals surface area contributed by atoms with Crippen molar-refractivity contribution in [2.45, 2.75) is 25.2 Å². The highest BCUT2D eigenvalue weighted by atomic mass is 32.2. The Bertz CT molecular complexity index is 454. The molecule has 0 aliphatic rings. The van der Waals surface area contributed by atoms with E-state index in [1.54, 1.807) is 24.3 Å². The standard InChI is InChI=1S/C13H22N2O2S/c1-3-8-18(16,17)13-6-4-12(5-7-13)15-10-11(2)9-14/h4-7,11,15H,3,8-10,14H2,1-2H3. The van der Waals surface area contributed by atoms with E-state index in [0.29, 0.717) is 23.8 Å². The molecule has 0 heterocycles. The minimum Gasteiger partial charge on any atom is -0.385 e. The molecule has 102 valence electrons. The van der Waals surface area contributed by atoms with Crippen LogP contribution in [0.1, 0.15) is 20.3 Å². The van der Waals surface area contributed by atoms with Crippen LogP contribution in [0.3, 0.4) is 0 Å². The van der Waals surface area contributed by atoms with Gasteiger partial charge in [-0.25, -0.2) is 8.42 Å². The lowest BCUT2D eigenvalue weighted by Gasteiger charge is -2.11. The first-order valence-corrected chi connectivity index (χ1v) is 7.91. The Morgan fingerprint density at radius 3 is 2.39 bits per heavy atom. The topological polar surface area (TPSA) is 72.2 Å². The fourth-order valence-corrected chi connectivity index (χ4v) is 2.87. The van der Waals surface area contributed by atoms with E-state index in [0.717, 1.165) is 12.2 Å². The first-order chi connectivity index (χ1) is 8.49. The fraction of sp³-hybridized carbons (Fsp3) is 0.538. The summed E-state index contributed by atoms with van der Waals surface area (Å²) in [6.45, 7) is 5.35. The summed E-state index contributed by atoms with van der Waals surface area (Å²) in [6.07, 6.45) is 0.635. The van der Waals surface area contributed by atoms with Crippen LogP contribution in [0.4, 0.5) is 5.69 Å². The Labute approximate surface area is 110 Å². The molecule has 0 bridgehead atoms. The van der Waals surface area contributed by atoms with Crippen LogP contribution >= 0.6 is 0 Å². The summed E-state index contributed by atoms with van der Waals surface area (Å²) in [7, 11) is -3.11. The Hall–Kier alpha value is -1.07. The summed E-state index contributed by atoms with van der Waals surface area (Å²) in [6, 6.07) is 6.90. The number of hydrogen-bond donors (Lipinski definition) is 2. The second-order valence-electron chi connectivity index (χ2n) is 4.57. The maximum atomic E-state index is 11.8. The molecule has 1 rings (SSSR count). The zero-order valence-corrected chi connectivity index (χ0v) is 11.8. The van der Waals surface area contributed by atoms with Crippen molar-refractivity contribution in [2.75, 3.05) is 24.2 Å². The third kappa shape index (κ3) is 4.31. The highest BCUT2D eigenvalue weighted by Gasteiger charge is 2.12. The lowest BCUT2D eigenvalue weighted by molar-refractivity contribution is 0.594. The van der Waals surface area contributed by atoms with Crippen molar-refractivity contribution in [2.24, 2.45) is 11.7 Å². The molecule has 18 heavy (non-hydrogen) atoms. The molecule has 0 amide bonds. The van der Waals surface area contributed by atoms with E-state index in [9.17, 15) is 8.42 Å². The molecule has 0 saturated heterocycles. The van der Waals surface area contributed by atoms with Crippen LogP contribution in [0.5, 0.6) is 0 Å². The van der Waals surface area contributed by atoms with E-state index in [4.69, 9.17) is 5.73 Å². The number of rotatable bonds is 7. The van der Waals surface area contributed by atoms with E-state index in [-0.39, 0.29) is 5.75 Å². The van der Waals surface area contributed by atoms with Gasteiger partial charge in [-0.3, -0.25) is 0 Å². The summed E-state index contributed by atoms with van der Waals surface area (Å²) in [5.74, 6) is 0.595. The average Bonchev–Trinajstić information content (AvgIpc) is 2.36. The first-order valence-electron chi connectivity index (χ1n) is 6.26. The molecular formula is C13H22N2O2S. The van der Waals surface area contributed by atoms with Crippen molar-refractivity contribution in [3.63, 3.8) is 0 Å². The monoisotopic (exact) mass is 270 g/mol. The molecule has 0 spiro atoms. The predicted molar refractivity (Wildman–Crippen MR) is 75.5 cm³/mol. The molecule has 0 aliphatic heterocycles. The normalized spacial score (nSPS) is 13.3. The summed E-state index contributed by atoms with van der Waals surface area (Å²) >= 11 is 0. The minimum atomic E-state index is -3.11. The van der Waals surface area contributed by atoms with E-state index in [2.05, 4.69) is 12.2 Å². The van der Waals surface area contributed by atoms with Gasteiger partial charge in [0.25, 0.3) is 0 Å². The number of anilines is 1. The van der Waals surface area contributed by atoms with Crippen LogP contribution in [-0.4, -0.2) is 27.3 Å². The van der Waals surface area contributed by atoms with Gasteiger partial charge in [-0.1, -0.05) is 13.8 Å². The van der Waals surface area contributed by atoms with Gasteiger partial charge >= 0.3 is 0 Å². The molecular weight excluding hydrogens is 248 g/mol. The first kappa shape index (κ1) is 15.0. The molecule has 0 radical (unpaired) electrons. The number of hydrogen-bond acceptors (Lipinski definition) is 4. The van der Waals surface area contributed by atoms with E-state index in [1.807, 2.05) is 6.92 Å². The second-order valence-corrected chi connectivity index (χ2v) is 6.67. The molecule has 4 nitrogen and oxygen atoms in total. The fourth-order valence-electron chi connectivity index (χ4n) is 1.54. The zero-order valence-electron chi connectivity index (χ0n) is 11.0. The Morgan fingerprint density at radius 1 is 1.28 bits per heavy atom. The van der Waals surface area contributed by atoms with E-state index >= 15 is 0 Å². The average molecular weight is 270 g/mol. The maximum absolute atomic E-state index is 11.8. The van der Waals surface area contributed by atoms with Crippen molar-refractivity contribution >= 4 is 15.5 Å². The van der Waals surface area contributed by atoms with E-state index < -0.39 is 9.84 Å². The van der Waals surface area contributed by atoms with Crippen LogP contribution in [0, 0.1) is 5.92 Å². The number of nitrogens with two attached hydrogens (primary N) is 1. The molecule has 1 aromatic rings. The zero-order chi connectivity index (χ0) is 13.6. The molecule has 1 aromatic carbocycles.